The predicted molar refractivity (Wildman–Crippen MR) is 144 cm³/mol. The average molecular weight is 506 g/mol. The van der Waals surface area contributed by atoms with Crippen LogP contribution in [0.2, 0.25) is 5.02 Å². The number of carbonyl (C=O) groups is 1. The average Bonchev–Trinajstić information content (AvgIpc) is 3.34. The third-order valence-corrected chi connectivity index (χ3v) is 8.59. The third kappa shape index (κ3) is 4.63. The molecule has 0 radical (unpaired) electrons. The zero-order valence-electron chi connectivity index (χ0n) is 18.9. The summed E-state index contributed by atoms with van der Waals surface area (Å²) in [6, 6.07) is 26.2. The van der Waals surface area contributed by atoms with E-state index in [0.717, 1.165) is 32.8 Å². The molecule has 2 heterocycles. The van der Waals surface area contributed by atoms with Crippen LogP contribution in [0.4, 0.5) is 5.69 Å². The number of hydrogen-bond donors (Lipinski definition) is 0. The Kier molecular flexibility index (Phi) is 6.73. The van der Waals surface area contributed by atoms with Gasteiger partial charge in [0.2, 0.25) is 0 Å². The second-order valence-electron chi connectivity index (χ2n) is 8.20. The largest absolute Gasteiger partial charge is 0.337 e. The van der Waals surface area contributed by atoms with E-state index < -0.39 is 0 Å². The molecule has 0 spiro atoms. The second-order valence-corrected chi connectivity index (χ2v) is 10.6. The van der Waals surface area contributed by atoms with Crippen LogP contribution < -0.4 is 4.90 Å². The highest BCUT2D eigenvalue weighted by Crippen LogP contribution is 2.50. The normalized spacial score (nSPS) is 19.7. The summed E-state index contributed by atoms with van der Waals surface area (Å²) >= 11 is 9.32. The minimum atomic E-state index is -0.0509. The summed E-state index contributed by atoms with van der Waals surface area (Å²) in [5.74, 6) is 0.00759. The summed E-state index contributed by atoms with van der Waals surface area (Å²) in [7, 11) is 1.99. The Morgan fingerprint density at radius 1 is 0.971 bits per heavy atom. The molecule has 2 aliphatic heterocycles. The summed E-state index contributed by atoms with van der Waals surface area (Å²) in [5.41, 5.74) is 3.35. The van der Waals surface area contributed by atoms with Crippen molar-refractivity contribution < 1.29 is 4.79 Å². The van der Waals surface area contributed by atoms with E-state index in [4.69, 9.17) is 16.6 Å². The maximum Gasteiger partial charge on any atom is 0.269 e. The van der Waals surface area contributed by atoms with Crippen molar-refractivity contribution in [1.82, 2.24) is 4.90 Å². The van der Waals surface area contributed by atoms with Crippen molar-refractivity contribution in [3.8, 4) is 0 Å². The van der Waals surface area contributed by atoms with Crippen molar-refractivity contribution in [3.05, 3.63) is 105 Å². The molecule has 0 saturated carbocycles. The van der Waals surface area contributed by atoms with E-state index in [1.165, 1.54) is 17.3 Å². The number of amidine groups is 1. The number of benzene rings is 3. The summed E-state index contributed by atoms with van der Waals surface area (Å²) in [4.78, 5) is 24.4. The SMILES string of the molecule is C[C@@H](N=C1S/C(=C2\Sc3ccc(Cl)cc3N2C)C(=O)N1CCc1ccccc1)c1ccccc1. The molecule has 3 aromatic carbocycles. The lowest BCUT2D eigenvalue weighted by atomic mass is 10.1. The van der Waals surface area contributed by atoms with E-state index in [9.17, 15) is 4.79 Å². The number of thioether (sulfide) groups is 2. The maximum atomic E-state index is 13.7. The topological polar surface area (TPSA) is 35.9 Å². The molecular weight excluding hydrogens is 482 g/mol. The number of halogens is 1. The van der Waals surface area contributed by atoms with E-state index in [0.29, 0.717) is 16.5 Å². The van der Waals surface area contributed by atoms with E-state index in [-0.39, 0.29) is 11.9 Å². The van der Waals surface area contributed by atoms with Crippen LogP contribution >= 0.6 is 35.1 Å². The van der Waals surface area contributed by atoms with Crippen LogP contribution in [-0.4, -0.2) is 29.6 Å². The van der Waals surface area contributed by atoms with Crippen LogP contribution in [0.1, 0.15) is 24.1 Å². The van der Waals surface area contributed by atoms with Crippen LogP contribution in [0.25, 0.3) is 0 Å². The smallest absolute Gasteiger partial charge is 0.269 e. The van der Waals surface area contributed by atoms with Crippen LogP contribution in [0.3, 0.4) is 0 Å². The van der Waals surface area contributed by atoms with Gasteiger partial charge < -0.3 is 4.90 Å². The number of rotatable bonds is 5. The molecule has 4 nitrogen and oxygen atoms in total. The van der Waals surface area contributed by atoms with Gasteiger partial charge >= 0.3 is 0 Å². The summed E-state index contributed by atoms with van der Waals surface area (Å²) in [6.45, 7) is 2.66. The Labute approximate surface area is 213 Å². The number of nitrogens with zero attached hydrogens (tertiary/aromatic N) is 3. The fourth-order valence-electron chi connectivity index (χ4n) is 4.00. The van der Waals surface area contributed by atoms with E-state index in [1.807, 2.05) is 66.5 Å². The molecule has 1 fully saturated rings. The summed E-state index contributed by atoms with van der Waals surface area (Å²) < 4.78 is 0. The molecule has 172 valence electrons. The summed E-state index contributed by atoms with van der Waals surface area (Å²) in [5, 5.41) is 2.36. The Morgan fingerprint density at radius 3 is 2.41 bits per heavy atom. The van der Waals surface area contributed by atoms with Crippen molar-refractivity contribution in [3.63, 3.8) is 0 Å². The van der Waals surface area contributed by atoms with E-state index >= 15 is 0 Å². The highest BCUT2D eigenvalue weighted by Gasteiger charge is 2.39. The van der Waals surface area contributed by atoms with Gasteiger partial charge in [0.05, 0.1) is 16.8 Å². The molecule has 3 aromatic rings. The highest BCUT2D eigenvalue weighted by atomic mass is 35.5. The van der Waals surface area contributed by atoms with Crippen molar-refractivity contribution in [2.75, 3.05) is 18.5 Å². The van der Waals surface area contributed by atoms with Gasteiger partial charge in [-0.25, -0.2) is 0 Å². The Bertz CT molecular complexity index is 1280. The van der Waals surface area contributed by atoms with E-state index in [1.54, 1.807) is 11.8 Å². The lowest BCUT2D eigenvalue weighted by Gasteiger charge is -2.18. The number of fused-ring (bicyclic) bond motifs is 1. The first-order chi connectivity index (χ1) is 16.5. The molecule has 0 unspecified atom stereocenters. The molecule has 1 atom stereocenters. The molecule has 0 aromatic heterocycles. The number of aliphatic imine (C=N–C) groups is 1. The quantitative estimate of drug-likeness (QED) is 0.350. The van der Waals surface area contributed by atoms with E-state index in [2.05, 4.69) is 36.1 Å². The molecular formula is C27H24ClN3OS2. The van der Waals surface area contributed by atoms with Gasteiger partial charge in [-0.2, -0.15) is 0 Å². The summed E-state index contributed by atoms with van der Waals surface area (Å²) in [6.07, 6.45) is 0.771. The molecule has 0 bridgehead atoms. The molecule has 7 heteroatoms. The minimum absolute atomic E-state index is 0.00759. The molecule has 1 saturated heterocycles. The first-order valence-electron chi connectivity index (χ1n) is 11.1. The van der Waals surface area contributed by atoms with Crippen LogP contribution in [-0.2, 0) is 11.2 Å². The first kappa shape index (κ1) is 23.1. The van der Waals surface area contributed by atoms with Gasteiger partial charge in [0.15, 0.2) is 5.17 Å². The Balaban J connectivity index is 1.48. The zero-order valence-corrected chi connectivity index (χ0v) is 21.3. The zero-order chi connectivity index (χ0) is 23.7. The first-order valence-corrected chi connectivity index (χ1v) is 13.1. The molecule has 5 rings (SSSR count). The van der Waals surface area contributed by atoms with Crippen molar-refractivity contribution >= 4 is 51.9 Å². The van der Waals surface area contributed by atoms with Gasteiger partial charge in [-0.15, -0.1) is 0 Å². The van der Waals surface area contributed by atoms with Crippen LogP contribution in [0, 0.1) is 0 Å². The number of anilines is 1. The lowest BCUT2D eigenvalue weighted by Crippen LogP contribution is -2.32. The number of amides is 1. The van der Waals surface area contributed by atoms with Gasteiger partial charge in [-0.1, -0.05) is 84.0 Å². The fourth-order valence-corrected chi connectivity index (χ4v) is 6.58. The van der Waals surface area contributed by atoms with Crippen molar-refractivity contribution in [2.24, 2.45) is 4.99 Å². The Hall–Kier alpha value is -2.67. The molecule has 0 aliphatic carbocycles. The highest BCUT2D eigenvalue weighted by molar-refractivity contribution is 8.19. The van der Waals surface area contributed by atoms with Gasteiger partial charge in [0.1, 0.15) is 4.91 Å². The Morgan fingerprint density at radius 2 is 1.68 bits per heavy atom. The monoisotopic (exact) mass is 505 g/mol. The molecule has 34 heavy (non-hydrogen) atoms. The van der Waals surface area contributed by atoms with Gasteiger partial charge in [0, 0.05) is 23.5 Å². The van der Waals surface area contributed by atoms with Gasteiger partial charge in [-0.05, 0) is 54.4 Å². The second kappa shape index (κ2) is 9.90. The molecule has 1 amide bonds. The van der Waals surface area contributed by atoms with Crippen LogP contribution in [0.5, 0.6) is 0 Å². The number of hydrogen-bond acceptors (Lipinski definition) is 5. The number of carbonyl (C=O) groups excluding carboxylic acids is 1. The molecule has 2 aliphatic rings. The van der Waals surface area contributed by atoms with Crippen molar-refractivity contribution in [2.45, 2.75) is 24.3 Å². The standard InChI is InChI=1S/C27H24ClN3OS2/c1-18(20-11-7-4-8-12-20)29-27-31(16-15-19-9-5-3-6-10-19)25(32)24(34-27)26-30(2)22-17-21(28)13-14-23(22)33-26/h3-14,17-18H,15-16H2,1-2H3/b26-24-,29-27?/t18-/m1/s1. The fraction of sp³-hybridized carbons (Fsp3) is 0.185. The predicted octanol–water partition coefficient (Wildman–Crippen LogP) is 6.99. The lowest BCUT2D eigenvalue weighted by molar-refractivity contribution is -0.122. The molecule has 0 N–H and O–H groups in total. The maximum absolute atomic E-state index is 13.7. The van der Waals surface area contributed by atoms with Gasteiger partial charge in [-0.3, -0.25) is 14.7 Å². The van der Waals surface area contributed by atoms with Crippen LogP contribution in [0.15, 0.2) is 98.7 Å². The third-order valence-electron chi connectivity index (χ3n) is 5.90. The van der Waals surface area contributed by atoms with Crippen molar-refractivity contribution in [1.29, 1.82) is 0 Å². The van der Waals surface area contributed by atoms with Gasteiger partial charge in [0.25, 0.3) is 5.91 Å². The minimum Gasteiger partial charge on any atom is -0.337 e.